The molecule has 22 heavy (non-hydrogen) atoms. The number of carbonyl (C=O) groups is 1. The molecule has 1 aliphatic heterocycles. The zero-order chi connectivity index (χ0) is 17.0. The number of nitrogens with zero attached hydrogens (tertiary/aromatic N) is 2. The number of hydrogen-bond acceptors (Lipinski definition) is 4. The van der Waals surface area contributed by atoms with E-state index in [0.717, 1.165) is 0 Å². The van der Waals surface area contributed by atoms with Gasteiger partial charge in [-0.1, -0.05) is 20.8 Å². The fourth-order valence-corrected chi connectivity index (χ4v) is 3.47. The standard InChI is InChI=1S/C14H29N3O4S/c1-6-22(19,20)17-9-7-16(8-10-17)13(18)15-11-12(21-5)14(2,3)4/h12H,6-11H2,1-5H3,(H,15,18). The summed E-state index contributed by atoms with van der Waals surface area (Å²) in [6.07, 6.45) is -0.0711. The number of urea groups is 1. The minimum Gasteiger partial charge on any atom is -0.379 e. The Kier molecular flexibility index (Phi) is 6.64. The van der Waals surface area contributed by atoms with Gasteiger partial charge >= 0.3 is 6.03 Å². The Morgan fingerprint density at radius 3 is 2.18 bits per heavy atom. The van der Waals surface area contributed by atoms with Gasteiger partial charge in [0.05, 0.1) is 11.9 Å². The van der Waals surface area contributed by atoms with Crippen LogP contribution in [-0.4, -0.2) is 75.3 Å². The Morgan fingerprint density at radius 2 is 1.77 bits per heavy atom. The van der Waals surface area contributed by atoms with E-state index in [1.54, 1.807) is 18.9 Å². The van der Waals surface area contributed by atoms with Gasteiger partial charge in [0.15, 0.2) is 0 Å². The molecule has 8 heteroatoms. The highest BCUT2D eigenvalue weighted by molar-refractivity contribution is 7.89. The quantitative estimate of drug-likeness (QED) is 0.803. The molecule has 0 radical (unpaired) electrons. The first-order valence-electron chi connectivity index (χ1n) is 7.65. The molecule has 1 aliphatic rings. The lowest BCUT2D eigenvalue weighted by molar-refractivity contribution is 0.0183. The van der Waals surface area contributed by atoms with Crippen LogP contribution >= 0.6 is 0 Å². The maximum atomic E-state index is 12.2. The summed E-state index contributed by atoms with van der Waals surface area (Å²) in [5.41, 5.74) is -0.0596. The summed E-state index contributed by atoms with van der Waals surface area (Å²) in [6, 6.07) is -0.167. The highest BCUT2D eigenvalue weighted by Crippen LogP contribution is 2.21. The van der Waals surface area contributed by atoms with Crippen LogP contribution in [0.5, 0.6) is 0 Å². The first-order chi connectivity index (χ1) is 10.1. The van der Waals surface area contributed by atoms with Crippen molar-refractivity contribution in [2.24, 2.45) is 5.41 Å². The number of piperazine rings is 1. The van der Waals surface area contributed by atoms with Gasteiger partial charge in [-0.05, 0) is 12.3 Å². The monoisotopic (exact) mass is 335 g/mol. The van der Waals surface area contributed by atoms with E-state index in [-0.39, 0.29) is 23.3 Å². The lowest BCUT2D eigenvalue weighted by Gasteiger charge is -2.35. The number of methoxy groups -OCH3 is 1. The van der Waals surface area contributed by atoms with Gasteiger partial charge in [-0.2, -0.15) is 4.31 Å². The molecule has 0 aromatic heterocycles. The lowest BCUT2D eigenvalue weighted by atomic mass is 9.89. The van der Waals surface area contributed by atoms with Gasteiger partial charge in [-0.3, -0.25) is 0 Å². The highest BCUT2D eigenvalue weighted by Gasteiger charge is 2.29. The van der Waals surface area contributed by atoms with Gasteiger partial charge in [0.2, 0.25) is 10.0 Å². The van der Waals surface area contributed by atoms with Crippen molar-refractivity contribution >= 4 is 16.1 Å². The zero-order valence-corrected chi connectivity index (χ0v) is 15.1. The third-order valence-electron chi connectivity index (χ3n) is 3.97. The fraction of sp³-hybridized carbons (Fsp3) is 0.929. The van der Waals surface area contributed by atoms with Crippen LogP contribution in [0.1, 0.15) is 27.7 Å². The molecule has 130 valence electrons. The SMILES string of the molecule is CCS(=O)(=O)N1CCN(C(=O)NCC(OC)C(C)(C)C)CC1. The predicted molar refractivity (Wildman–Crippen MR) is 86.3 cm³/mol. The van der Waals surface area contributed by atoms with E-state index in [4.69, 9.17) is 4.74 Å². The summed E-state index contributed by atoms with van der Waals surface area (Å²) in [4.78, 5) is 13.8. The summed E-state index contributed by atoms with van der Waals surface area (Å²) >= 11 is 0. The van der Waals surface area contributed by atoms with Gasteiger partial charge in [-0.15, -0.1) is 0 Å². The summed E-state index contributed by atoms with van der Waals surface area (Å²) in [5.74, 6) is 0.0975. The zero-order valence-electron chi connectivity index (χ0n) is 14.3. The molecule has 1 heterocycles. The van der Waals surface area contributed by atoms with Crippen LogP contribution < -0.4 is 5.32 Å². The highest BCUT2D eigenvalue weighted by atomic mass is 32.2. The molecule has 0 aromatic carbocycles. The van der Waals surface area contributed by atoms with Crippen molar-refractivity contribution in [3.8, 4) is 0 Å². The molecule has 1 saturated heterocycles. The third kappa shape index (κ3) is 5.10. The Balaban J connectivity index is 2.46. The Labute approximate surface area is 134 Å². The first kappa shape index (κ1) is 19.2. The van der Waals surface area contributed by atoms with Crippen molar-refractivity contribution in [3.05, 3.63) is 0 Å². The second kappa shape index (κ2) is 7.61. The van der Waals surface area contributed by atoms with Crippen LogP contribution in [0.25, 0.3) is 0 Å². The molecule has 0 spiro atoms. The molecular weight excluding hydrogens is 306 g/mol. The second-order valence-electron chi connectivity index (χ2n) is 6.56. The van der Waals surface area contributed by atoms with Crippen molar-refractivity contribution < 1.29 is 17.9 Å². The van der Waals surface area contributed by atoms with Crippen molar-refractivity contribution in [2.75, 3.05) is 45.6 Å². The van der Waals surface area contributed by atoms with Crippen LogP contribution in [0.3, 0.4) is 0 Å². The Bertz CT molecular complexity index is 465. The Hall–Kier alpha value is -0.860. The van der Waals surface area contributed by atoms with Crippen LogP contribution in [0.15, 0.2) is 0 Å². The maximum absolute atomic E-state index is 12.2. The summed E-state index contributed by atoms with van der Waals surface area (Å²) < 4.78 is 30.4. The second-order valence-corrected chi connectivity index (χ2v) is 8.82. The molecule has 0 aliphatic carbocycles. The lowest BCUT2D eigenvalue weighted by Crippen LogP contribution is -2.54. The summed E-state index contributed by atoms with van der Waals surface area (Å²) in [5, 5.41) is 2.87. The number of sulfonamides is 1. The van der Waals surface area contributed by atoms with Gasteiger partial charge in [0.1, 0.15) is 0 Å². The van der Waals surface area contributed by atoms with E-state index >= 15 is 0 Å². The number of carbonyl (C=O) groups excluding carboxylic acids is 1. The molecule has 1 unspecified atom stereocenters. The molecule has 1 atom stereocenters. The summed E-state index contributed by atoms with van der Waals surface area (Å²) in [6.45, 7) is 9.78. The minimum absolute atomic E-state index is 0.0596. The van der Waals surface area contributed by atoms with E-state index in [1.165, 1.54) is 4.31 Å². The molecule has 0 aromatic rings. The van der Waals surface area contributed by atoms with E-state index in [9.17, 15) is 13.2 Å². The molecule has 1 fully saturated rings. The number of amides is 2. The molecular formula is C14H29N3O4S. The number of rotatable bonds is 5. The van der Waals surface area contributed by atoms with Crippen molar-refractivity contribution in [2.45, 2.75) is 33.8 Å². The predicted octanol–water partition coefficient (Wildman–Crippen LogP) is 0.724. The number of nitrogens with one attached hydrogen (secondary N) is 1. The molecule has 7 nitrogen and oxygen atoms in total. The molecule has 1 rings (SSSR count). The smallest absolute Gasteiger partial charge is 0.317 e. The van der Waals surface area contributed by atoms with E-state index in [0.29, 0.717) is 32.7 Å². The first-order valence-corrected chi connectivity index (χ1v) is 9.26. The maximum Gasteiger partial charge on any atom is 0.317 e. The average Bonchev–Trinajstić information content (AvgIpc) is 2.46. The third-order valence-corrected chi connectivity index (χ3v) is 5.85. The van der Waals surface area contributed by atoms with E-state index in [1.807, 2.05) is 0 Å². The van der Waals surface area contributed by atoms with Gasteiger partial charge in [-0.25, -0.2) is 13.2 Å². The fourth-order valence-electron chi connectivity index (χ4n) is 2.39. The van der Waals surface area contributed by atoms with Crippen molar-refractivity contribution in [1.82, 2.24) is 14.5 Å². The topological polar surface area (TPSA) is 79.0 Å². The van der Waals surface area contributed by atoms with Gasteiger partial charge in [0.25, 0.3) is 0 Å². The van der Waals surface area contributed by atoms with E-state index < -0.39 is 10.0 Å². The summed E-state index contributed by atoms with van der Waals surface area (Å²) in [7, 11) is -1.53. The average molecular weight is 335 g/mol. The van der Waals surface area contributed by atoms with Gasteiger partial charge < -0.3 is 15.0 Å². The van der Waals surface area contributed by atoms with Crippen LogP contribution in [-0.2, 0) is 14.8 Å². The Morgan fingerprint density at radius 1 is 1.23 bits per heavy atom. The normalized spacial score (nSPS) is 19.0. The van der Waals surface area contributed by atoms with E-state index in [2.05, 4.69) is 26.1 Å². The van der Waals surface area contributed by atoms with Crippen molar-refractivity contribution in [3.63, 3.8) is 0 Å². The van der Waals surface area contributed by atoms with Crippen LogP contribution in [0.4, 0.5) is 4.79 Å². The largest absolute Gasteiger partial charge is 0.379 e. The molecule has 1 N–H and O–H groups in total. The number of hydrogen-bond donors (Lipinski definition) is 1. The van der Waals surface area contributed by atoms with Crippen molar-refractivity contribution in [1.29, 1.82) is 0 Å². The molecule has 0 saturated carbocycles. The number of ether oxygens (including phenoxy) is 1. The van der Waals surface area contributed by atoms with Crippen LogP contribution in [0, 0.1) is 5.41 Å². The molecule has 0 bridgehead atoms. The molecule has 2 amide bonds. The van der Waals surface area contributed by atoms with Crippen LogP contribution in [0.2, 0.25) is 0 Å². The van der Waals surface area contributed by atoms with Gasteiger partial charge in [0, 0.05) is 39.8 Å². The minimum atomic E-state index is -3.16.